The molecule has 2 fully saturated rings. The van der Waals surface area contributed by atoms with Gasteiger partial charge in [0.15, 0.2) is 0 Å². The molecule has 108 valence electrons. The maximum Gasteiger partial charge on any atom is 0.222 e. The van der Waals surface area contributed by atoms with E-state index in [-0.39, 0.29) is 0 Å². The van der Waals surface area contributed by atoms with Crippen LogP contribution in [0.1, 0.15) is 37.7 Å². The quantitative estimate of drug-likeness (QED) is 0.856. The molecule has 1 aromatic rings. The van der Waals surface area contributed by atoms with E-state index in [0.29, 0.717) is 18.4 Å². The predicted molar refractivity (Wildman–Crippen MR) is 80.9 cm³/mol. The molecule has 0 aromatic heterocycles. The van der Waals surface area contributed by atoms with Gasteiger partial charge in [-0.1, -0.05) is 18.6 Å². The van der Waals surface area contributed by atoms with E-state index >= 15 is 0 Å². The number of nitrogens with zero attached hydrogens (tertiary/aromatic N) is 1. The lowest BCUT2D eigenvalue weighted by Crippen LogP contribution is -2.29. The molecule has 1 amide bonds. The maximum atomic E-state index is 12.3. The molecule has 2 bridgehead atoms. The molecule has 1 aromatic carbocycles. The third-order valence-electron chi connectivity index (χ3n) is 5.15. The first-order valence-corrected chi connectivity index (χ1v) is 7.70. The molecule has 0 spiro atoms. The lowest BCUT2D eigenvalue weighted by atomic mass is 9.86. The Morgan fingerprint density at radius 1 is 1.25 bits per heavy atom. The molecule has 2 aliphatic rings. The summed E-state index contributed by atoms with van der Waals surface area (Å²) >= 11 is 0. The Morgan fingerprint density at radius 3 is 2.60 bits per heavy atom. The molecule has 0 aliphatic heterocycles. The zero-order valence-electron chi connectivity index (χ0n) is 12.2. The number of rotatable bonds is 4. The molecule has 3 unspecified atom stereocenters. The number of hydrogen-bond acceptors (Lipinski definition) is 2. The minimum atomic E-state index is 0.291. The first kappa shape index (κ1) is 13.5. The van der Waals surface area contributed by atoms with Crippen molar-refractivity contribution in [1.29, 1.82) is 0 Å². The number of anilines is 1. The predicted octanol–water partition coefficient (Wildman–Crippen LogP) is 3.05. The van der Waals surface area contributed by atoms with Crippen LogP contribution in [0, 0.1) is 17.8 Å². The Morgan fingerprint density at radius 2 is 2.00 bits per heavy atom. The van der Waals surface area contributed by atoms with Gasteiger partial charge in [-0.25, -0.2) is 0 Å². The second kappa shape index (κ2) is 5.47. The Kier molecular flexibility index (Phi) is 3.68. The van der Waals surface area contributed by atoms with Gasteiger partial charge in [-0.2, -0.15) is 0 Å². The molecule has 0 saturated heterocycles. The molecule has 0 radical (unpaired) electrons. The fourth-order valence-electron chi connectivity index (χ4n) is 3.99. The lowest BCUT2D eigenvalue weighted by molar-refractivity contribution is -0.131. The van der Waals surface area contributed by atoms with E-state index in [0.717, 1.165) is 29.5 Å². The van der Waals surface area contributed by atoms with Crippen molar-refractivity contribution in [3.8, 4) is 0 Å². The van der Waals surface area contributed by atoms with Crippen molar-refractivity contribution in [2.45, 2.75) is 38.6 Å². The fourth-order valence-corrected chi connectivity index (χ4v) is 3.99. The van der Waals surface area contributed by atoms with Crippen LogP contribution in [0.4, 0.5) is 5.69 Å². The molecule has 20 heavy (non-hydrogen) atoms. The van der Waals surface area contributed by atoms with Gasteiger partial charge in [0.25, 0.3) is 0 Å². The van der Waals surface area contributed by atoms with Crippen LogP contribution >= 0.6 is 0 Å². The van der Waals surface area contributed by atoms with Gasteiger partial charge in [0.1, 0.15) is 0 Å². The van der Waals surface area contributed by atoms with Gasteiger partial charge in [0.05, 0.1) is 0 Å². The molecule has 0 heterocycles. The second-order valence-electron chi connectivity index (χ2n) is 6.63. The lowest BCUT2D eigenvalue weighted by Gasteiger charge is -2.24. The van der Waals surface area contributed by atoms with Crippen LogP contribution in [-0.4, -0.2) is 17.9 Å². The van der Waals surface area contributed by atoms with Gasteiger partial charge in [-0.15, -0.1) is 0 Å². The Bertz CT molecular complexity index is 482. The molecule has 3 rings (SSSR count). The van der Waals surface area contributed by atoms with Crippen molar-refractivity contribution >= 4 is 11.6 Å². The normalized spacial score (nSPS) is 27.8. The average molecular weight is 272 g/mol. The van der Waals surface area contributed by atoms with Crippen LogP contribution in [-0.2, 0) is 11.3 Å². The first-order chi connectivity index (χ1) is 9.61. The van der Waals surface area contributed by atoms with Crippen molar-refractivity contribution in [2.75, 3.05) is 12.8 Å². The van der Waals surface area contributed by atoms with E-state index in [1.807, 2.05) is 36.2 Å². The topological polar surface area (TPSA) is 46.3 Å². The van der Waals surface area contributed by atoms with Crippen LogP contribution in [0.2, 0.25) is 0 Å². The van der Waals surface area contributed by atoms with Gasteiger partial charge >= 0.3 is 0 Å². The van der Waals surface area contributed by atoms with Crippen molar-refractivity contribution < 1.29 is 4.79 Å². The summed E-state index contributed by atoms with van der Waals surface area (Å²) < 4.78 is 0. The highest BCUT2D eigenvalue weighted by atomic mass is 16.2. The average Bonchev–Trinajstić information content (AvgIpc) is 3.03. The third-order valence-corrected chi connectivity index (χ3v) is 5.15. The number of nitrogen functional groups attached to an aromatic ring is 1. The Labute approximate surface area is 121 Å². The third kappa shape index (κ3) is 2.82. The Balaban J connectivity index is 1.53. The monoisotopic (exact) mass is 272 g/mol. The van der Waals surface area contributed by atoms with Gasteiger partial charge in [-0.3, -0.25) is 4.79 Å². The van der Waals surface area contributed by atoms with Gasteiger partial charge in [0, 0.05) is 25.7 Å². The van der Waals surface area contributed by atoms with Gasteiger partial charge in [-0.05, 0) is 54.7 Å². The summed E-state index contributed by atoms with van der Waals surface area (Å²) in [5.74, 6) is 2.68. The molecule has 3 heteroatoms. The highest BCUT2D eigenvalue weighted by molar-refractivity contribution is 5.76. The minimum absolute atomic E-state index is 0.291. The standard InChI is InChI=1S/C17H24N2O/c1-19(11-12-3-6-16(18)7-4-12)17(20)10-15-9-13-2-5-14(15)8-13/h3-4,6-7,13-15H,2,5,8-11,18H2,1H3. The summed E-state index contributed by atoms with van der Waals surface area (Å²) in [6.07, 6.45) is 6.15. The van der Waals surface area contributed by atoms with Crippen LogP contribution in [0.3, 0.4) is 0 Å². The minimum Gasteiger partial charge on any atom is -0.399 e. The number of carbonyl (C=O) groups is 1. The molecule has 3 atom stereocenters. The number of amides is 1. The molecular weight excluding hydrogens is 248 g/mol. The summed E-state index contributed by atoms with van der Waals surface area (Å²) in [7, 11) is 1.91. The van der Waals surface area contributed by atoms with Crippen molar-refractivity contribution in [3.05, 3.63) is 29.8 Å². The maximum absolute atomic E-state index is 12.3. The molecule has 2 aliphatic carbocycles. The van der Waals surface area contributed by atoms with Crippen LogP contribution < -0.4 is 5.73 Å². The summed E-state index contributed by atoms with van der Waals surface area (Å²) in [6.45, 7) is 0.680. The van der Waals surface area contributed by atoms with E-state index < -0.39 is 0 Å². The Hall–Kier alpha value is -1.51. The largest absolute Gasteiger partial charge is 0.399 e. The second-order valence-corrected chi connectivity index (χ2v) is 6.63. The molecule has 2 N–H and O–H groups in total. The van der Waals surface area contributed by atoms with Crippen molar-refractivity contribution in [3.63, 3.8) is 0 Å². The molecule has 3 nitrogen and oxygen atoms in total. The zero-order valence-corrected chi connectivity index (χ0v) is 12.2. The highest BCUT2D eigenvalue weighted by Gasteiger charge is 2.40. The summed E-state index contributed by atoms with van der Waals surface area (Å²) in [4.78, 5) is 14.2. The summed E-state index contributed by atoms with van der Waals surface area (Å²) in [5.41, 5.74) is 7.59. The van der Waals surface area contributed by atoms with Crippen LogP contribution in [0.15, 0.2) is 24.3 Å². The number of nitrogens with two attached hydrogens (primary N) is 1. The molecular formula is C17H24N2O. The zero-order chi connectivity index (χ0) is 14.1. The SMILES string of the molecule is CN(Cc1ccc(N)cc1)C(=O)CC1CC2CCC1C2. The number of fused-ring (bicyclic) bond motifs is 2. The molecule has 2 saturated carbocycles. The van der Waals surface area contributed by atoms with E-state index in [1.54, 1.807) is 0 Å². The van der Waals surface area contributed by atoms with Crippen molar-refractivity contribution in [2.24, 2.45) is 17.8 Å². The smallest absolute Gasteiger partial charge is 0.222 e. The summed E-state index contributed by atoms with van der Waals surface area (Å²) in [6, 6.07) is 7.78. The number of benzene rings is 1. The highest BCUT2D eigenvalue weighted by Crippen LogP contribution is 2.49. The van der Waals surface area contributed by atoms with Crippen LogP contribution in [0.5, 0.6) is 0 Å². The van der Waals surface area contributed by atoms with Gasteiger partial charge in [0.2, 0.25) is 5.91 Å². The first-order valence-electron chi connectivity index (χ1n) is 7.70. The van der Waals surface area contributed by atoms with E-state index in [1.165, 1.54) is 25.7 Å². The van der Waals surface area contributed by atoms with Crippen LogP contribution in [0.25, 0.3) is 0 Å². The van der Waals surface area contributed by atoms with Crippen molar-refractivity contribution in [1.82, 2.24) is 4.90 Å². The van der Waals surface area contributed by atoms with E-state index in [4.69, 9.17) is 5.73 Å². The number of carbonyl (C=O) groups excluding carboxylic acids is 1. The summed E-state index contributed by atoms with van der Waals surface area (Å²) in [5, 5.41) is 0. The fraction of sp³-hybridized carbons (Fsp3) is 0.588. The van der Waals surface area contributed by atoms with Gasteiger partial charge < -0.3 is 10.6 Å². The number of hydrogen-bond donors (Lipinski definition) is 1. The van der Waals surface area contributed by atoms with E-state index in [2.05, 4.69) is 0 Å². The van der Waals surface area contributed by atoms with E-state index in [9.17, 15) is 4.79 Å².